The molecular formula is C40H84N2O4S2Si2. The van der Waals surface area contributed by atoms with Crippen LogP contribution in [0.25, 0.3) is 0 Å². The fourth-order valence-corrected chi connectivity index (χ4v) is 13.7. The van der Waals surface area contributed by atoms with E-state index < -0.39 is 0 Å². The Morgan fingerprint density at radius 1 is 0.500 bits per heavy atom. The van der Waals surface area contributed by atoms with Gasteiger partial charge in [-0.2, -0.15) is 0 Å². The number of hydrogen-bond acceptors (Lipinski definition) is 8. The van der Waals surface area contributed by atoms with Crippen molar-refractivity contribution in [2.24, 2.45) is 0 Å². The predicted octanol–water partition coefficient (Wildman–Crippen LogP) is 10.1. The summed E-state index contributed by atoms with van der Waals surface area (Å²) < 4.78 is 29.8. The van der Waals surface area contributed by atoms with Crippen LogP contribution in [0.2, 0.25) is 11.1 Å². The lowest BCUT2D eigenvalue weighted by atomic mass is 10.1. The van der Waals surface area contributed by atoms with Gasteiger partial charge in [0.25, 0.3) is 0 Å². The van der Waals surface area contributed by atoms with Gasteiger partial charge in [0.1, 0.15) is 13.6 Å². The van der Waals surface area contributed by atoms with E-state index in [4.69, 9.17) is 18.9 Å². The lowest BCUT2D eigenvalue weighted by molar-refractivity contribution is -0.0960. The molecule has 6 nitrogen and oxygen atoms in total. The molecule has 0 bridgehead atoms. The number of nitrogens with zero attached hydrogens (tertiary/aromatic N) is 2. The molecule has 2 fully saturated rings. The first-order valence-corrected chi connectivity index (χ1v) is 27.1. The van der Waals surface area contributed by atoms with E-state index in [1.165, 1.54) is 179 Å². The second-order valence-electron chi connectivity index (χ2n) is 15.8. The minimum atomic E-state index is -0.147. The second kappa shape index (κ2) is 34.4. The molecule has 2 aliphatic heterocycles. The molecule has 50 heavy (non-hydrogen) atoms. The van der Waals surface area contributed by atoms with E-state index >= 15 is 0 Å². The van der Waals surface area contributed by atoms with Crippen molar-refractivity contribution in [3.8, 4) is 0 Å². The summed E-state index contributed by atoms with van der Waals surface area (Å²) in [5.41, 5.74) is 1.78. The minimum absolute atomic E-state index is 0.147. The van der Waals surface area contributed by atoms with Gasteiger partial charge in [-0.3, -0.25) is 0 Å². The molecule has 2 aliphatic rings. The van der Waals surface area contributed by atoms with E-state index in [0.29, 0.717) is 25.8 Å². The first kappa shape index (κ1) is 47.0. The van der Waals surface area contributed by atoms with E-state index in [2.05, 4.69) is 58.4 Å². The van der Waals surface area contributed by atoms with Crippen molar-refractivity contribution >= 4 is 41.0 Å². The largest absolute Gasteiger partial charge is 0.355 e. The van der Waals surface area contributed by atoms with Crippen LogP contribution in [0.1, 0.15) is 169 Å². The zero-order valence-electron chi connectivity index (χ0n) is 33.7. The first-order valence-electron chi connectivity index (χ1n) is 21.7. The molecule has 0 amide bonds. The average Bonchev–Trinajstić information content (AvgIpc) is 3.10. The summed E-state index contributed by atoms with van der Waals surface area (Å²) in [5, 5.41) is 0. The third kappa shape index (κ3) is 27.5. The molecule has 0 spiro atoms. The highest BCUT2D eigenvalue weighted by atomic mass is 33.1. The van der Waals surface area contributed by atoms with Crippen LogP contribution in [0.4, 0.5) is 0 Å². The average molecular weight is 777 g/mol. The van der Waals surface area contributed by atoms with Gasteiger partial charge >= 0.3 is 0 Å². The van der Waals surface area contributed by atoms with Crippen molar-refractivity contribution in [3.63, 3.8) is 0 Å². The van der Waals surface area contributed by atoms with E-state index in [1.807, 2.05) is 0 Å². The number of ether oxygens (including phenoxy) is 4. The smallest absolute Gasteiger partial charge is 0.147 e. The van der Waals surface area contributed by atoms with E-state index in [1.54, 1.807) is 0 Å². The third-order valence-corrected chi connectivity index (χ3v) is 17.6. The van der Waals surface area contributed by atoms with Crippen LogP contribution in [-0.4, -0.2) is 105 Å². The summed E-state index contributed by atoms with van der Waals surface area (Å²) in [6, 6.07) is 0. The number of unbranched alkanes of at least 4 members (excludes halogenated alkanes) is 12. The highest BCUT2D eigenvalue weighted by molar-refractivity contribution is 8.76. The Morgan fingerprint density at radius 2 is 0.900 bits per heavy atom. The molecule has 2 saturated heterocycles. The van der Waals surface area contributed by atoms with Crippen molar-refractivity contribution in [1.29, 1.82) is 0 Å². The zero-order valence-corrected chi connectivity index (χ0v) is 38.2. The summed E-state index contributed by atoms with van der Waals surface area (Å²) in [6.07, 6.45) is 29.5. The number of hydrogen-bond donors (Lipinski definition) is 0. The fourth-order valence-electron chi connectivity index (χ4n) is 7.41. The van der Waals surface area contributed by atoms with Gasteiger partial charge in [-0.1, -0.05) is 126 Å². The molecule has 298 valence electrons. The van der Waals surface area contributed by atoms with Gasteiger partial charge in [-0.25, -0.2) is 0 Å². The van der Waals surface area contributed by atoms with Crippen molar-refractivity contribution in [1.82, 2.24) is 9.13 Å². The molecule has 2 heterocycles. The van der Waals surface area contributed by atoms with Crippen molar-refractivity contribution in [2.75, 3.05) is 64.5 Å². The normalized spacial score (nSPS) is 24.0. The van der Waals surface area contributed by atoms with E-state index in [0.717, 1.165) is 24.3 Å². The first-order chi connectivity index (χ1) is 24.6. The number of rotatable bonds is 31. The maximum Gasteiger partial charge on any atom is 0.147 e. The quantitative estimate of drug-likeness (QED) is 0.0299. The highest BCUT2D eigenvalue weighted by Crippen LogP contribution is 2.26. The van der Waals surface area contributed by atoms with Crippen LogP contribution in [0.5, 0.6) is 0 Å². The van der Waals surface area contributed by atoms with Crippen LogP contribution >= 0.6 is 21.6 Å². The van der Waals surface area contributed by atoms with Crippen LogP contribution in [0.3, 0.4) is 0 Å². The zero-order chi connectivity index (χ0) is 35.7. The van der Waals surface area contributed by atoms with Crippen molar-refractivity contribution < 1.29 is 18.9 Å². The molecule has 0 N–H and O–H groups in total. The summed E-state index contributed by atoms with van der Waals surface area (Å²) in [7, 11) is 3.93. The highest BCUT2D eigenvalue weighted by Gasteiger charge is 2.21. The van der Waals surface area contributed by atoms with Gasteiger partial charge in [0, 0.05) is 24.7 Å². The summed E-state index contributed by atoms with van der Waals surface area (Å²) in [4.78, 5) is 0. The van der Waals surface area contributed by atoms with Gasteiger partial charge in [0.15, 0.2) is 0 Å². The Hall–Kier alpha value is 0.894. The van der Waals surface area contributed by atoms with Gasteiger partial charge in [-0.15, -0.1) is 0 Å². The molecule has 10 heteroatoms. The molecular weight excluding hydrogens is 693 g/mol. The Balaban J connectivity index is 1.46. The summed E-state index contributed by atoms with van der Waals surface area (Å²) in [6.45, 7) is 17.3. The van der Waals surface area contributed by atoms with E-state index in [-0.39, 0.29) is 19.4 Å². The topological polar surface area (TPSA) is 43.4 Å². The summed E-state index contributed by atoms with van der Waals surface area (Å²) >= 11 is 0. The van der Waals surface area contributed by atoms with Crippen molar-refractivity contribution in [2.45, 2.75) is 192 Å². The molecule has 0 radical (unpaired) electrons. The summed E-state index contributed by atoms with van der Waals surface area (Å²) in [5.74, 6) is 2.57. The minimum Gasteiger partial charge on any atom is -0.355 e. The third-order valence-electron chi connectivity index (χ3n) is 10.7. The van der Waals surface area contributed by atoms with Crippen LogP contribution in [0.15, 0.2) is 0 Å². The Morgan fingerprint density at radius 3 is 1.32 bits per heavy atom. The van der Waals surface area contributed by atoms with E-state index in [9.17, 15) is 0 Å². The maximum atomic E-state index is 6.21. The molecule has 0 aromatic heterocycles. The monoisotopic (exact) mass is 777 g/mol. The fraction of sp³-hybridized carbons (Fsp3) is 1.00. The molecule has 4 atom stereocenters. The molecule has 4 unspecified atom stereocenters. The molecule has 0 aromatic carbocycles. The predicted molar refractivity (Wildman–Crippen MR) is 228 cm³/mol. The van der Waals surface area contributed by atoms with Gasteiger partial charge in [0.05, 0.1) is 31.6 Å². The Bertz CT molecular complexity index is 677. The molecule has 0 aromatic rings. The van der Waals surface area contributed by atoms with Gasteiger partial charge in [-0.05, 0) is 101 Å². The van der Waals surface area contributed by atoms with Gasteiger partial charge < -0.3 is 28.1 Å². The molecule has 0 aliphatic carbocycles. The SMILES string of the molecule is CCCCCCCCCOCOC1CCC(C)[SiH2]N(CCCSSCCCN2CCC(OCOCCCCCCCCC)CCC(C)[SiH2]2)CC1. The van der Waals surface area contributed by atoms with Crippen molar-refractivity contribution in [3.05, 3.63) is 0 Å². The van der Waals surface area contributed by atoms with Crippen LogP contribution in [0, 0.1) is 0 Å². The molecule has 2 rings (SSSR count). The lowest BCUT2D eigenvalue weighted by Crippen LogP contribution is -2.37. The standard InChI is InChI=1S/C40H84N2O4S2Si2/c1-5-7-9-11-13-15-17-31-43-35-45-39-23-21-37(3)49-41(29-25-39)27-19-33-47-48-34-20-28-42-30-26-40(24-22-38(4)50-42)46-36-44-32-18-16-14-12-10-8-6-2/h37-40H,5-36,49-50H2,1-4H3. The Labute approximate surface area is 324 Å². The Kier molecular flexibility index (Phi) is 32.4. The molecule has 0 saturated carbocycles. The van der Waals surface area contributed by atoms with Gasteiger partial charge in [0.2, 0.25) is 0 Å². The lowest BCUT2D eigenvalue weighted by Gasteiger charge is -2.31. The maximum absolute atomic E-state index is 6.21. The second-order valence-corrected chi connectivity index (χ2v) is 23.8. The van der Waals surface area contributed by atoms with Crippen LogP contribution in [-0.2, 0) is 18.9 Å². The van der Waals surface area contributed by atoms with Crippen LogP contribution < -0.4 is 0 Å².